The van der Waals surface area contributed by atoms with E-state index in [1.165, 1.54) is 0 Å². The fourth-order valence-electron chi connectivity index (χ4n) is 2.59. The number of aromatic nitrogens is 2. The smallest absolute Gasteiger partial charge is 0.385 e. The molecule has 0 spiro atoms. The fraction of sp³-hybridized carbons (Fsp3) is 0.533. The van der Waals surface area contributed by atoms with Gasteiger partial charge in [-0.15, -0.1) is 0 Å². The minimum Gasteiger partial charge on any atom is -0.385 e. The number of likely N-dealkylation sites (tertiary alicyclic amines) is 1. The number of rotatable bonds is 5. The van der Waals surface area contributed by atoms with Gasteiger partial charge >= 0.3 is 6.18 Å². The van der Waals surface area contributed by atoms with Crippen LogP contribution < -0.4 is 10.2 Å². The average molecular weight is 340 g/mol. The molecule has 24 heavy (non-hydrogen) atoms. The molecule has 0 amide bonds. The van der Waals surface area contributed by atoms with E-state index in [4.69, 9.17) is 5.41 Å². The molecule has 2 aliphatic rings. The summed E-state index contributed by atoms with van der Waals surface area (Å²) in [6.07, 6.45) is -1.06. The maximum absolute atomic E-state index is 13.1. The van der Waals surface area contributed by atoms with Crippen LogP contribution in [0.15, 0.2) is 12.3 Å². The van der Waals surface area contributed by atoms with E-state index >= 15 is 0 Å². The predicted octanol–water partition coefficient (Wildman–Crippen LogP) is 1.60. The van der Waals surface area contributed by atoms with Gasteiger partial charge in [-0.3, -0.25) is 0 Å². The van der Waals surface area contributed by atoms with Crippen molar-refractivity contribution in [3.63, 3.8) is 0 Å². The topological polar surface area (TPSA) is 68.1 Å². The summed E-state index contributed by atoms with van der Waals surface area (Å²) < 4.78 is 39.3. The second kappa shape index (κ2) is 6.39. The summed E-state index contributed by atoms with van der Waals surface area (Å²) in [5.74, 6) is 0.0715. The van der Waals surface area contributed by atoms with Crippen molar-refractivity contribution in [2.24, 2.45) is 0 Å². The van der Waals surface area contributed by atoms with E-state index in [0.717, 1.165) is 31.8 Å². The maximum Gasteiger partial charge on any atom is 0.433 e. The van der Waals surface area contributed by atoms with Gasteiger partial charge in [0.15, 0.2) is 5.69 Å². The molecule has 0 radical (unpaired) electrons. The van der Waals surface area contributed by atoms with Gasteiger partial charge in [0.05, 0.1) is 11.7 Å². The minimum absolute atomic E-state index is 0.0715. The first-order valence-corrected chi connectivity index (χ1v) is 7.73. The SMILES string of the molecule is CN1CC(N/C=C(\C=N)c2cc(C(F)(F)F)nc(N3CCC3)n2)C1. The Morgan fingerprint density at radius 2 is 2.04 bits per heavy atom. The third-order valence-electron chi connectivity index (χ3n) is 4.13. The van der Waals surface area contributed by atoms with Gasteiger partial charge in [-0.25, -0.2) is 9.97 Å². The highest BCUT2D eigenvalue weighted by molar-refractivity contribution is 6.07. The molecule has 1 aromatic rings. The summed E-state index contributed by atoms with van der Waals surface area (Å²) in [4.78, 5) is 11.7. The molecule has 0 atom stereocenters. The Kier molecular flexibility index (Phi) is 4.44. The Hall–Kier alpha value is -2.16. The lowest BCUT2D eigenvalue weighted by atomic mass is 10.1. The van der Waals surface area contributed by atoms with Crippen molar-refractivity contribution >= 4 is 17.7 Å². The molecule has 2 fully saturated rings. The van der Waals surface area contributed by atoms with Crippen LogP contribution in [0.25, 0.3) is 5.57 Å². The molecule has 2 aliphatic heterocycles. The van der Waals surface area contributed by atoms with Crippen molar-refractivity contribution in [2.75, 3.05) is 38.1 Å². The molecule has 130 valence electrons. The number of anilines is 1. The molecular formula is C15H19F3N6. The van der Waals surface area contributed by atoms with Crippen LogP contribution in [0, 0.1) is 5.41 Å². The van der Waals surface area contributed by atoms with E-state index in [1.807, 2.05) is 7.05 Å². The second-order valence-electron chi connectivity index (χ2n) is 6.11. The van der Waals surface area contributed by atoms with Crippen LogP contribution in [0.5, 0.6) is 0 Å². The molecule has 0 saturated carbocycles. The van der Waals surface area contributed by atoms with Gasteiger partial charge in [0.25, 0.3) is 0 Å². The van der Waals surface area contributed by atoms with Gasteiger partial charge in [-0.05, 0) is 19.5 Å². The van der Waals surface area contributed by atoms with E-state index in [9.17, 15) is 13.2 Å². The van der Waals surface area contributed by atoms with Gasteiger partial charge < -0.3 is 20.5 Å². The molecule has 0 aliphatic carbocycles. The van der Waals surface area contributed by atoms with E-state index in [-0.39, 0.29) is 17.7 Å². The van der Waals surface area contributed by atoms with Crippen molar-refractivity contribution in [1.29, 1.82) is 5.41 Å². The van der Waals surface area contributed by atoms with Gasteiger partial charge in [-0.2, -0.15) is 13.2 Å². The van der Waals surface area contributed by atoms with E-state index < -0.39 is 11.9 Å². The molecule has 6 nitrogen and oxygen atoms in total. The minimum atomic E-state index is -4.55. The Morgan fingerprint density at radius 1 is 1.33 bits per heavy atom. The van der Waals surface area contributed by atoms with Gasteiger partial charge in [0.2, 0.25) is 5.95 Å². The van der Waals surface area contributed by atoms with Crippen LogP contribution in [0.3, 0.4) is 0 Å². The van der Waals surface area contributed by atoms with Gasteiger partial charge in [0.1, 0.15) is 0 Å². The van der Waals surface area contributed by atoms with Crippen molar-refractivity contribution in [1.82, 2.24) is 20.2 Å². The van der Waals surface area contributed by atoms with Crippen LogP contribution in [0.1, 0.15) is 17.8 Å². The Morgan fingerprint density at radius 3 is 2.54 bits per heavy atom. The quantitative estimate of drug-likeness (QED) is 0.797. The highest BCUT2D eigenvalue weighted by Gasteiger charge is 2.35. The summed E-state index contributed by atoms with van der Waals surface area (Å²) in [5, 5.41) is 10.6. The first kappa shape index (κ1) is 16.7. The van der Waals surface area contributed by atoms with Crippen LogP contribution in [-0.2, 0) is 6.18 Å². The summed E-state index contributed by atoms with van der Waals surface area (Å²) in [5.41, 5.74) is -0.570. The third kappa shape index (κ3) is 3.50. The summed E-state index contributed by atoms with van der Waals surface area (Å²) in [7, 11) is 1.98. The Bertz CT molecular complexity index is 647. The monoisotopic (exact) mass is 340 g/mol. The summed E-state index contributed by atoms with van der Waals surface area (Å²) in [6, 6.07) is 1.14. The predicted molar refractivity (Wildman–Crippen MR) is 85.0 cm³/mol. The average Bonchev–Trinajstić information content (AvgIpc) is 2.43. The number of alkyl halides is 3. The largest absolute Gasteiger partial charge is 0.433 e. The Balaban J connectivity index is 1.88. The first-order valence-electron chi connectivity index (χ1n) is 7.73. The summed E-state index contributed by atoms with van der Waals surface area (Å²) in [6.45, 7) is 3.02. The van der Waals surface area contributed by atoms with Gasteiger partial charge in [-0.1, -0.05) is 0 Å². The second-order valence-corrected chi connectivity index (χ2v) is 6.11. The van der Waals surface area contributed by atoms with E-state index in [0.29, 0.717) is 18.7 Å². The molecule has 2 N–H and O–H groups in total. The lowest BCUT2D eigenvalue weighted by molar-refractivity contribution is -0.141. The number of hydrogen-bond donors (Lipinski definition) is 2. The highest BCUT2D eigenvalue weighted by atomic mass is 19.4. The van der Waals surface area contributed by atoms with Crippen LogP contribution in [0.2, 0.25) is 0 Å². The number of nitrogens with zero attached hydrogens (tertiary/aromatic N) is 4. The molecule has 0 unspecified atom stereocenters. The van der Waals surface area contributed by atoms with Gasteiger partial charge in [0, 0.05) is 44.2 Å². The lowest BCUT2D eigenvalue weighted by Gasteiger charge is -2.36. The number of halogens is 3. The zero-order chi connectivity index (χ0) is 17.3. The zero-order valence-corrected chi connectivity index (χ0v) is 13.3. The zero-order valence-electron chi connectivity index (χ0n) is 13.3. The number of hydrogen-bond acceptors (Lipinski definition) is 6. The van der Waals surface area contributed by atoms with Crippen molar-refractivity contribution in [3.05, 3.63) is 23.7 Å². The molecule has 0 bridgehead atoms. The van der Waals surface area contributed by atoms with Crippen LogP contribution in [-0.4, -0.2) is 60.4 Å². The molecular weight excluding hydrogens is 321 g/mol. The lowest BCUT2D eigenvalue weighted by Crippen LogP contribution is -2.54. The van der Waals surface area contributed by atoms with E-state index in [1.54, 1.807) is 11.1 Å². The first-order chi connectivity index (χ1) is 11.4. The van der Waals surface area contributed by atoms with Crippen LogP contribution >= 0.6 is 0 Å². The molecule has 1 aromatic heterocycles. The third-order valence-corrected chi connectivity index (χ3v) is 4.13. The number of likely N-dealkylation sites (N-methyl/N-ethyl adjacent to an activating group) is 1. The number of allylic oxidation sites excluding steroid dienone is 1. The summed E-state index contributed by atoms with van der Waals surface area (Å²) >= 11 is 0. The number of nitrogens with one attached hydrogen (secondary N) is 2. The van der Waals surface area contributed by atoms with Crippen molar-refractivity contribution in [2.45, 2.75) is 18.6 Å². The Labute approximate surface area is 137 Å². The van der Waals surface area contributed by atoms with E-state index in [2.05, 4.69) is 20.2 Å². The standard InChI is InChI=1S/C15H19F3N6/c1-23-8-11(9-23)20-7-10(6-19)12-5-13(15(16,17)18)22-14(21-12)24-3-2-4-24/h5-7,11,19-20H,2-4,8-9H2,1H3/b10-7+,19-6?. The molecule has 2 saturated heterocycles. The molecule has 0 aromatic carbocycles. The fourth-order valence-corrected chi connectivity index (χ4v) is 2.59. The van der Waals surface area contributed by atoms with Crippen LogP contribution in [0.4, 0.5) is 19.1 Å². The maximum atomic E-state index is 13.1. The van der Waals surface area contributed by atoms with Crippen molar-refractivity contribution < 1.29 is 13.2 Å². The normalized spacial score (nSPS) is 19.7. The highest BCUT2D eigenvalue weighted by Crippen LogP contribution is 2.31. The molecule has 3 heterocycles. The van der Waals surface area contributed by atoms with Crippen molar-refractivity contribution in [3.8, 4) is 0 Å². The molecule has 3 rings (SSSR count). The molecule has 9 heteroatoms.